The van der Waals surface area contributed by atoms with Crippen molar-refractivity contribution in [1.29, 1.82) is 0 Å². The minimum Gasteiger partial charge on any atom is -0.456 e. The van der Waals surface area contributed by atoms with Crippen LogP contribution in [0.25, 0.3) is 99.8 Å². The number of imidazole rings is 1. The van der Waals surface area contributed by atoms with Gasteiger partial charge in [0.25, 0.3) is 0 Å². The molecule has 4 heteroatoms. The molecular weight excluding hydrogens is 647 g/mol. The van der Waals surface area contributed by atoms with Crippen molar-refractivity contribution >= 4 is 49.4 Å². The quantitative estimate of drug-likeness (QED) is 0.182. The lowest BCUT2D eigenvalue weighted by atomic mass is 9.95. The van der Waals surface area contributed by atoms with E-state index >= 15 is 0 Å². The van der Waals surface area contributed by atoms with Gasteiger partial charge in [-0.1, -0.05) is 115 Å². The van der Waals surface area contributed by atoms with E-state index in [-0.39, 0.29) is 0 Å². The predicted molar refractivity (Wildman–Crippen MR) is 219 cm³/mol. The summed E-state index contributed by atoms with van der Waals surface area (Å²) in [7, 11) is 0. The number of rotatable bonds is 5. The van der Waals surface area contributed by atoms with Crippen LogP contribution >= 0.6 is 0 Å². The van der Waals surface area contributed by atoms with E-state index in [4.69, 9.17) is 9.40 Å². The van der Waals surface area contributed by atoms with Gasteiger partial charge in [0, 0.05) is 44.6 Å². The number of nitrogens with zero attached hydrogens (tertiary/aromatic N) is 3. The lowest BCUT2D eigenvalue weighted by Gasteiger charge is -2.09. The van der Waals surface area contributed by atoms with Crippen molar-refractivity contribution in [2.75, 3.05) is 0 Å². The molecule has 0 radical (unpaired) electrons. The molecule has 0 spiro atoms. The first-order valence-corrected chi connectivity index (χ1v) is 18.0. The van der Waals surface area contributed by atoms with Crippen molar-refractivity contribution in [2.24, 2.45) is 0 Å². The van der Waals surface area contributed by atoms with Crippen LogP contribution < -0.4 is 0 Å². The summed E-state index contributed by atoms with van der Waals surface area (Å²) in [5.74, 6) is 0. The molecule has 0 amide bonds. The first-order valence-electron chi connectivity index (χ1n) is 18.0. The van der Waals surface area contributed by atoms with Crippen LogP contribution in [0.3, 0.4) is 0 Å². The fraction of sp³-hybridized carbons (Fsp3) is 0. The van der Waals surface area contributed by atoms with E-state index in [1.165, 1.54) is 27.4 Å². The molecule has 11 aromatic rings. The predicted octanol–water partition coefficient (Wildman–Crippen LogP) is 13.0. The van der Waals surface area contributed by atoms with Gasteiger partial charge in [-0.15, -0.1) is 0 Å². The first kappa shape index (κ1) is 29.5. The van der Waals surface area contributed by atoms with Gasteiger partial charge in [-0.2, -0.15) is 0 Å². The molecule has 53 heavy (non-hydrogen) atoms. The largest absolute Gasteiger partial charge is 0.456 e. The van der Waals surface area contributed by atoms with E-state index in [0.29, 0.717) is 0 Å². The Balaban J connectivity index is 1.06. The third-order valence-electron chi connectivity index (χ3n) is 10.5. The molecule has 4 nitrogen and oxygen atoms in total. The van der Waals surface area contributed by atoms with Crippen LogP contribution in [0, 0.1) is 0 Å². The van der Waals surface area contributed by atoms with Crippen LogP contribution in [0.1, 0.15) is 0 Å². The van der Waals surface area contributed by atoms with Crippen LogP contribution in [-0.2, 0) is 0 Å². The maximum absolute atomic E-state index is 6.50. The van der Waals surface area contributed by atoms with Crippen molar-refractivity contribution in [3.8, 4) is 50.5 Å². The zero-order valence-corrected chi connectivity index (χ0v) is 28.6. The highest BCUT2D eigenvalue weighted by molar-refractivity contribution is 6.14. The highest BCUT2D eigenvalue weighted by atomic mass is 16.3. The number of pyridine rings is 1. The number of hydrogen-bond donors (Lipinski definition) is 0. The standard InChI is InChI=1S/C49H31N3O/c1-3-13-32(14-4-1)49-48(50-46-23-9-10-28-51(46)49)36-16-11-15-35(29-36)38-20-12-22-45-47(38)41-31-34(25-27-44(41)53-45)33-24-26-43-40(30-33)39-19-7-8-21-42(39)52(43)37-17-5-2-6-18-37/h1-31H. The van der Waals surface area contributed by atoms with Gasteiger partial charge in [0.15, 0.2) is 0 Å². The van der Waals surface area contributed by atoms with Gasteiger partial charge in [0.05, 0.1) is 22.4 Å². The molecule has 0 aliphatic heterocycles. The minimum absolute atomic E-state index is 0.874. The van der Waals surface area contributed by atoms with Gasteiger partial charge in [-0.3, -0.25) is 4.40 Å². The second kappa shape index (κ2) is 11.7. The lowest BCUT2D eigenvalue weighted by molar-refractivity contribution is 0.669. The van der Waals surface area contributed by atoms with Crippen LogP contribution in [0.4, 0.5) is 0 Å². The van der Waals surface area contributed by atoms with Crippen molar-refractivity contribution < 1.29 is 4.42 Å². The monoisotopic (exact) mass is 677 g/mol. The number of hydrogen-bond acceptors (Lipinski definition) is 2. The van der Waals surface area contributed by atoms with Crippen LogP contribution in [0.5, 0.6) is 0 Å². The van der Waals surface area contributed by atoms with Crippen molar-refractivity contribution in [2.45, 2.75) is 0 Å². The third-order valence-corrected chi connectivity index (χ3v) is 10.5. The summed E-state index contributed by atoms with van der Waals surface area (Å²) in [5, 5.41) is 4.69. The maximum atomic E-state index is 6.50. The molecule has 248 valence electrons. The maximum Gasteiger partial charge on any atom is 0.137 e. The number of furan rings is 1. The fourth-order valence-corrected chi connectivity index (χ4v) is 8.16. The van der Waals surface area contributed by atoms with E-state index in [0.717, 1.165) is 72.5 Å². The van der Waals surface area contributed by atoms with E-state index in [9.17, 15) is 0 Å². The SMILES string of the molecule is c1ccc(-c2c(-c3cccc(-c4cccc5oc6ccc(-c7ccc8c(c7)c7ccccc7n8-c7ccccc7)cc6c45)c3)nc3ccccn23)cc1. The van der Waals surface area contributed by atoms with Gasteiger partial charge >= 0.3 is 0 Å². The Morgan fingerprint density at radius 2 is 1.13 bits per heavy atom. The average molecular weight is 678 g/mol. The Bertz CT molecular complexity index is 3170. The summed E-state index contributed by atoms with van der Waals surface area (Å²) in [5.41, 5.74) is 15.0. The van der Waals surface area contributed by atoms with Gasteiger partial charge in [0.1, 0.15) is 16.8 Å². The molecule has 11 rings (SSSR count). The molecule has 7 aromatic carbocycles. The van der Waals surface area contributed by atoms with Crippen LogP contribution in [0.2, 0.25) is 0 Å². The highest BCUT2D eigenvalue weighted by Gasteiger charge is 2.19. The Labute approximate surface area is 305 Å². The molecule has 0 aliphatic carbocycles. The molecule has 0 saturated heterocycles. The lowest BCUT2D eigenvalue weighted by Crippen LogP contribution is -1.92. The van der Waals surface area contributed by atoms with Gasteiger partial charge < -0.3 is 8.98 Å². The zero-order chi connectivity index (χ0) is 34.9. The van der Waals surface area contributed by atoms with Crippen LogP contribution in [0.15, 0.2) is 193 Å². The third kappa shape index (κ3) is 4.66. The van der Waals surface area contributed by atoms with E-state index in [1.54, 1.807) is 0 Å². The summed E-state index contributed by atoms with van der Waals surface area (Å²) in [4.78, 5) is 5.14. The first-order chi connectivity index (χ1) is 26.3. The molecule has 4 heterocycles. The summed E-state index contributed by atoms with van der Waals surface area (Å²) in [6.07, 6.45) is 2.09. The van der Waals surface area contributed by atoms with Gasteiger partial charge in [0.2, 0.25) is 0 Å². The number of benzene rings is 7. The topological polar surface area (TPSA) is 35.4 Å². The molecule has 0 N–H and O–H groups in total. The number of aromatic nitrogens is 3. The normalized spacial score (nSPS) is 11.8. The smallest absolute Gasteiger partial charge is 0.137 e. The average Bonchev–Trinajstić information content (AvgIpc) is 3.91. The van der Waals surface area contributed by atoms with E-state index in [2.05, 4.69) is 191 Å². The Kier molecular flexibility index (Phi) is 6.52. The van der Waals surface area contributed by atoms with Gasteiger partial charge in [-0.25, -0.2) is 4.98 Å². The Morgan fingerprint density at radius 1 is 0.434 bits per heavy atom. The summed E-state index contributed by atoms with van der Waals surface area (Å²) >= 11 is 0. The van der Waals surface area contributed by atoms with Crippen molar-refractivity contribution in [1.82, 2.24) is 14.0 Å². The number of para-hydroxylation sites is 2. The Morgan fingerprint density at radius 3 is 2.02 bits per heavy atom. The molecule has 4 aromatic heterocycles. The van der Waals surface area contributed by atoms with Crippen LogP contribution in [-0.4, -0.2) is 14.0 Å². The molecule has 0 atom stereocenters. The van der Waals surface area contributed by atoms with Crippen molar-refractivity contribution in [3.63, 3.8) is 0 Å². The summed E-state index contributed by atoms with van der Waals surface area (Å²) in [6.45, 7) is 0. The van der Waals surface area contributed by atoms with Crippen molar-refractivity contribution in [3.05, 3.63) is 188 Å². The molecule has 0 fully saturated rings. The molecule has 0 bridgehead atoms. The fourth-order valence-electron chi connectivity index (χ4n) is 8.16. The highest BCUT2D eigenvalue weighted by Crippen LogP contribution is 2.41. The summed E-state index contributed by atoms with van der Waals surface area (Å²) < 4.78 is 11.0. The molecule has 0 unspecified atom stereocenters. The Hall–Kier alpha value is -7.17. The molecular formula is C49H31N3O. The second-order valence-electron chi connectivity index (χ2n) is 13.6. The minimum atomic E-state index is 0.874. The molecule has 0 saturated carbocycles. The van der Waals surface area contributed by atoms with E-state index < -0.39 is 0 Å². The number of fused-ring (bicyclic) bond motifs is 7. The summed E-state index contributed by atoms with van der Waals surface area (Å²) in [6, 6.07) is 64.5. The molecule has 0 aliphatic rings. The second-order valence-corrected chi connectivity index (χ2v) is 13.6. The zero-order valence-electron chi connectivity index (χ0n) is 28.6. The van der Waals surface area contributed by atoms with E-state index in [1.807, 2.05) is 6.07 Å². The van der Waals surface area contributed by atoms with Gasteiger partial charge in [-0.05, 0) is 89.0 Å².